The largest absolute Gasteiger partial charge is 0.362 e. The van der Waals surface area contributed by atoms with Crippen molar-refractivity contribution in [3.63, 3.8) is 0 Å². The van der Waals surface area contributed by atoms with E-state index in [1.165, 1.54) is 0 Å². The van der Waals surface area contributed by atoms with Gasteiger partial charge in [0.2, 0.25) is 0 Å². The summed E-state index contributed by atoms with van der Waals surface area (Å²) in [5.74, 6) is 0.725. The highest BCUT2D eigenvalue weighted by Crippen LogP contribution is 2.11. The van der Waals surface area contributed by atoms with Crippen LogP contribution in [0.5, 0.6) is 0 Å². The SMILES string of the molecule is CC(C)CC1NC(C)CO1.Cl. The molecule has 2 nitrogen and oxygen atoms in total. The first kappa shape index (κ1) is 11.2. The van der Waals surface area contributed by atoms with Crippen molar-refractivity contribution in [1.82, 2.24) is 5.32 Å². The molecule has 1 saturated heterocycles. The van der Waals surface area contributed by atoms with Gasteiger partial charge in [0, 0.05) is 6.04 Å². The predicted octanol–water partition coefficient (Wildman–Crippen LogP) is 1.79. The second-order valence-corrected chi connectivity index (χ2v) is 3.52. The van der Waals surface area contributed by atoms with Gasteiger partial charge in [-0.15, -0.1) is 12.4 Å². The molecule has 1 fully saturated rings. The number of hydrogen-bond acceptors (Lipinski definition) is 2. The highest BCUT2D eigenvalue weighted by molar-refractivity contribution is 5.85. The molecule has 0 aromatic carbocycles. The average molecular weight is 180 g/mol. The molecule has 0 amide bonds. The van der Waals surface area contributed by atoms with E-state index in [2.05, 4.69) is 26.1 Å². The van der Waals surface area contributed by atoms with Crippen LogP contribution >= 0.6 is 12.4 Å². The van der Waals surface area contributed by atoms with Crippen molar-refractivity contribution in [2.24, 2.45) is 5.92 Å². The Morgan fingerprint density at radius 3 is 2.55 bits per heavy atom. The quantitative estimate of drug-likeness (QED) is 0.698. The van der Waals surface area contributed by atoms with Crippen LogP contribution in [0, 0.1) is 5.92 Å². The Kier molecular flexibility index (Phi) is 5.06. The van der Waals surface area contributed by atoms with Crippen LogP contribution in [0.4, 0.5) is 0 Å². The third kappa shape index (κ3) is 3.94. The van der Waals surface area contributed by atoms with Gasteiger partial charge in [-0.25, -0.2) is 0 Å². The van der Waals surface area contributed by atoms with Gasteiger partial charge in [-0.05, 0) is 19.3 Å². The summed E-state index contributed by atoms with van der Waals surface area (Å²) in [4.78, 5) is 0. The van der Waals surface area contributed by atoms with Crippen molar-refractivity contribution < 1.29 is 4.74 Å². The molecule has 0 bridgehead atoms. The van der Waals surface area contributed by atoms with Gasteiger partial charge in [0.15, 0.2) is 0 Å². The van der Waals surface area contributed by atoms with E-state index >= 15 is 0 Å². The van der Waals surface area contributed by atoms with Crippen LogP contribution in [0.1, 0.15) is 27.2 Å². The van der Waals surface area contributed by atoms with E-state index in [9.17, 15) is 0 Å². The predicted molar refractivity (Wildman–Crippen MR) is 49.0 cm³/mol. The summed E-state index contributed by atoms with van der Waals surface area (Å²) in [7, 11) is 0. The van der Waals surface area contributed by atoms with E-state index in [0.29, 0.717) is 12.3 Å². The molecule has 0 aromatic heterocycles. The Labute approximate surface area is 75.1 Å². The van der Waals surface area contributed by atoms with Crippen molar-refractivity contribution in [2.75, 3.05) is 6.61 Å². The molecule has 2 atom stereocenters. The molecule has 1 N–H and O–H groups in total. The summed E-state index contributed by atoms with van der Waals surface area (Å²) in [6.45, 7) is 7.46. The maximum atomic E-state index is 5.46. The third-order valence-corrected chi connectivity index (χ3v) is 1.70. The zero-order chi connectivity index (χ0) is 7.56. The van der Waals surface area contributed by atoms with Gasteiger partial charge in [-0.1, -0.05) is 13.8 Å². The molecule has 11 heavy (non-hydrogen) atoms. The molecule has 68 valence electrons. The summed E-state index contributed by atoms with van der Waals surface area (Å²) in [5.41, 5.74) is 0. The summed E-state index contributed by atoms with van der Waals surface area (Å²) in [5, 5.41) is 3.36. The second-order valence-electron chi connectivity index (χ2n) is 3.52. The Morgan fingerprint density at radius 2 is 2.18 bits per heavy atom. The smallest absolute Gasteiger partial charge is 0.108 e. The molecule has 1 heterocycles. The Morgan fingerprint density at radius 1 is 1.55 bits per heavy atom. The first-order valence-corrected chi connectivity index (χ1v) is 4.06. The molecular formula is C8H18ClNO. The topological polar surface area (TPSA) is 21.3 Å². The lowest BCUT2D eigenvalue weighted by molar-refractivity contribution is 0.0832. The maximum absolute atomic E-state index is 5.46. The lowest BCUT2D eigenvalue weighted by Crippen LogP contribution is -2.29. The number of halogens is 1. The molecule has 0 spiro atoms. The first-order chi connectivity index (χ1) is 4.68. The third-order valence-electron chi connectivity index (χ3n) is 1.70. The maximum Gasteiger partial charge on any atom is 0.108 e. The van der Waals surface area contributed by atoms with Crippen LogP contribution in [0.15, 0.2) is 0 Å². The normalized spacial score (nSPS) is 30.5. The van der Waals surface area contributed by atoms with Gasteiger partial charge < -0.3 is 4.74 Å². The van der Waals surface area contributed by atoms with Crippen LogP contribution in [0.3, 0.4) is 0 Å². The van der Waals surface area contributed by atoms with E-state index in [-0.39, 0.29) is 12.4 Å². The average Bonchev–Trinajstić information content (AvgIpc) is 2.13. The van der Waals surface area contributed by atoms with E-state index in [1.807, 2.05) is 0 Å². The van der Waals surface area contributed by atoms with Gasteiger partial charge in [0.1, 0.15) is 6.23 Å². The number of rotatable bonds is 2. The lowest BCUT2D eigenvalue weighted by atomic mass is 10.1. The van der Waals surface area contributed by atoms with Crippen LogP contribution in [0.25, 0.3) is 0 Å². The zero-order valence-corrected chi connectivity index (χ0v) is 8.28. The van der Waals surface area contributed by atoms with Crippen molar-refractivity contribution in [3.8, 4) is 0 Å². The lowest BCUT2D eigenvalue weighted by Gasteiger charge is -2.12. The highest BCUT2D eigenvalue weighted by Gasteiger charge is 2.20. The molecular weight excluding hydrogens is 162 g/mol. The number of ether oxygens (including phenoxy) is 1. The van der Waals surface area contributed by atoms with Crippen LogP contribution in [0.2, 0.25) is 0 Å². The monoisotopic (exact) mass is 179 g/mol. The molecule has 0 saturated carbocycles. The fourth-order valence-corrected chi connectivity index (χ4v) is 1.24. The van der Waals surface area contributed by atoms with Crippen molar-refractivity contribution >= 4 is 12.4 Å². The zero-order valence-electron chi connectivity index (χ0n) is 7.46. The van der Waals surface area contributed by atoms with Gasteiger partial charge in [0.25, 0.3) is 0 Å². The summed E-state index contributed by atoms with van der Waals surface area (Å²) >= 11 is 0. The fourth-order valence-electron chi connectivity index (χ4n) is 1.24. The van der Waals surface area contributed by atoms with Gasteiger partial charge in [-0.3, -0.25) is 5.32 Å². The summed E-state index contributed by atoms with van der Waals surface area (Å²) in [6.07, 6.45) is 1.44. The Hall–Kier alpha value is 0.210. The summed E-state index contributed by atoms with van der Waals surface area (Å²) < 4.78 is 5.46. The van der Waals surface area contributed by atoms with Crippen LogP contribution in [-0.2, 0) is 4.74 Å². The molecule has 0 aliphatic carbocycles. The molecule has 0 radical (unpaired) electrons. The fraction of sp³-hybridized carbons (Fsp3) is 1.00. The molecule has 1 rings (SSSR count). The van der Waals surface area contributed by atoms with Gasteiger partial charge >= 0.3 is 0 Å². The number of nitrogens with one attached hydrogen (secondary N) is 1. The van der Waals surface area contributed by atoms with Crippen LogP contribution < -0.4 is 5.32 Å². The Balaban J connectivity index is 0.000001000. The van der Waals surface area contributed by atoms with Gasteiger partial charge in [0.05, 0.1) is 6.61 Å². The van der Waals surface area contributed by atoms with Crippen molar-refractivity contribution in [1.29, 1.82) is 0 Å². The van der Waals surface area contributed by atoms with Crippen molar-refractivity contribution in [3.05, 3.63) is 0 Å². The molecule has 0 aromatic rings. The minimum absolute atomic E-state index is 0. The molecule has 1 aliphatic rings. The van der Waals surface area contributed by atoms with E-state index in [0.717, 1.165) is 18.9 Å². The standard InChI is InChI=1S/C8H17NO.ClH/c1-6(2)4-8-9-7(3)5-10-8;/h6-9H,4-5H2,1-3H3;1H. The van der Waals surface area contributed by atoms with Crippen LogP contribution in [-0.4, -0.2) is 18.9 Å². The first-order valence-electron chi connectivity index (χ1n) is 4.06. The number of hydrogen-bond donors (Lipinski definition) is 1. The Bertz CT molecular complexity index is 108. The van der Waals surface area contributed by atoms with E-state index in [4.69, 9.17) is 4.74 Å². The molecule has 3 heteroatoms. The molecule has 2 unspecified atom stereocenters. The minimum atomic E-state index is 0. The van der Waals surface area contributed by atoms with E-state index in [1.54, 1.807) is 0 Å². The minimum Gasteiger partial charge on any atom is -0.362 e. The summed E-state index contributed by atoms with van der Waals surface area (Å²) in [6, 6.07) is 0.545. The molecule has 1 aliphatic heterocycles. The highest BCUT2D eigenvalue weighted by atomic mass is 35.5. The van der Waals surface area contributed by atoms with Gasteiger partial charge in [-0.2, -0.15) is 0 Å². The van der Waals surface area contributed by atoms with E-state index < -0.39 is 0 Å². The second kappa shape index (κ2) is 4.96. The van der Waals surface area contributed by atoms with Crippen molar-refractivity contribution in [2.45, 2.75) is 39.5 Å².